The summed E-state index contributed by atoms with van der Waals surface area (Å²) in [6.45, 7) is 6.65. The van der Waals surface area contributed by atoms with Gasteiger partial charge in [0.25, 0.3) is 0 Å². The molecule has 3 nitrogen and oxygen atoms in total. The van der Waals surface area contributed by atoms with Crippen LogP contribution in [0.2, 0.25) is 0 Å². The molecule has 0 spiro atoms. The van der Waals surface area contributed by atoms with Gasteiger partial charge in [-0.25, -0.2) is 0 Å². The lowest BCUT2D eigenvalue weighted by atomic mass is 10.1. The Labute approximate surface area is 104 Å². The molecule has 1 rings (SSSR count). The molecule has 1 N–H and O–H groups in total. The molecule has 1 aromatic carbocycles. The van der Waals surface area contributed by atoms with E-state index in [0.29, 0.717) is 0 Å². The number of aryl methyl sites for hydroxylation is 1. The first kappa shape index (κ1) is 14.0. The van der Waals surface area contributed by atoms with E-state index in [9.17, 15) is 0 Å². The Balaban J connectivity index is 2.36. The molecule has 96 valence electrons. The average Bonchev–Trinajstić information content (AvgIpc) is 2.35. The van der Waals surface area contributed by atoms with Crippen molar-refractivity contribution in [2.45, 2.75) is 26.4 Å². The van der Waals surface area contributed by atoms with Crippen molar-refractivity contribution < 1.29 is 9.47 Å². The molecule has 0 radical (unpaired) electrons. The molecular formula is C14H23NO2. The molecule has 0 bridgehead atoms. The number of methoxy groups -OCH3 is 1. The molecule has 0 fully saturated rings. The van der Waals surface area contributed by atoms with E-state index < -0.39 is 0 Å². The standard InChI is InChI=1S/C14H23NO2/c1-4-13-7-5-6-8-14(13)17-12(2)11-15-9-10-16-3/h5-8,12,15H,4,9-11H2,1-3H3. The number of rotatable bonds is 8. The maximum Gasteiger partial charge on any atom is 0.122 e. The van der Waals surface area contributed by atoms with Crippen molar-refractivity contribution in [2.24, 2.45) is 0 Å². The summed E-state index contributed by atoms with van der Waals surface area (Å²) in [6, 6.07) is 8.21. The third-order valence-corrected chi connectivity index (χ3v) is 2.60. The lowest BCUT2D eigenvalue weighted by Gasteiger charge is -2.17. The van der Waals surface area contributed by atoms with Gasteiger partial charge in [0.05, 0.1) is 6.61 Å². The molecule has 0 aromatic heterocycles. The lowest BCUT2D eigenvalue weighted by molar-refractivity contribution is 0.183. The van der Waals surface area contributed by atoms with E-state index in [1.54, 1.807) is 7.11 Å². The highest BCUT2D eigenvalue weighted by atomic mass is 16.5. The molecule has 1 atom stereocenters. The van der Waals surface area contributed by atoms with Crippen LogP contribution in [-0.2, 0) is 11.2 Å². The highest BCUT2D eigenvalue weighted by Gasteiger charge is 2.06. The summed E-state index contributed by atoms with van der Waals surface area (Å²) < 4.78 is 10.9. The van der Waals surface area contributed by atoms with Gasteiger partial charge < -0.3 is 14.8 Å². The molecule has 0 aliphatic heterocycles. The number of ether oxygens (including phenoxy) is 2. The van der Waals surface area contributed by atoms with E-state index in [0.717, 1.165) is 31.9 Å². The van der Waals surface area contributed by atoms with Crippen LogP contribution >= 0.6 is 0 Å². The van der Waals surface area contributed by atoms with E-state index in [4.69, 9.17) is 9.47 Å². The van der Waals surface area contributed by atoms with E-state index in [1.807, 2.05) is 18.2 Å². The highest BCUT2D eigenvalue weighted by molar-refractivity contribution is 5.33. The second-order valence-corrected chi connectivity index (χ2v) is 4.09. The Morgan fingerprint density at radius 1 is 1.29 bits per heavy atom. The molecule has 0 aliphatic rings. The van der Waals surface area contributed by atoms with Crippen molar-refractivity contribution in [2.75, 3.05) is 26.8 Å². The van der Waals surface area contributed by atoms with Crippen LogP contribution in [0.5, 0.6) is 5.75 Å². The number of para-hydroxylation sites is 1. The summed E-state index contributed by atoms with van der Waals surface area (Å²) in [4.78, 5) is 0. The zero-order valence-corrected chi connectivity index (χ0v) is 11.0. The number of hydrogen-bond donors (Lipinski definition) is 1. The fourth-order valence-electron chi connectivity index (χ4n) is 1.65. The van der Waals surface area contributed by atoms with Gasteiger partial charge in [0.15, 0.2) is 0 Å². The number of benzene rings is 1. The Morgan fingerprint density at radius 3 is 2.76 bits per heavy atom. The van der Waals surface area contributed by atoms with Crippen LogP contribution < -0.4 is 10.1 Å². The summed E-state index contributed by atoms with van der Waals surface area (Å²) >= 11 is 0. The van der Waals surface area contributed by atoms with E-state index in [-0.39, 0.29) is 6.10 Å². The van der Waals surface area contributed by atoms with Crippen molar-refractivity contribution in [1.29, 1.82) is 0 Å². The molecule has 0 saturated heterocycles. The van der Waals surface area contributed by atoms with Crippen LogP contribution in [0.25, 0.3) is 0 Å². The fraction of sp³-hybridized carbons (Fsp3) is 0.571. The van der Waals surface area contributed by atoms with Crippen LogP contribution in [0.1, 0.15) is 19.4 Å². The number of hydrogen-bond acceptors (Lipinski definition) is 3. The summed E-state index contributed by atoms with van der Waals surface area (Å²) in [5.74, 6) is 0.996. The van der Waals surface area contributed by atoms with E-state index in [2.05, 4.69) is 25.2 Å². The zero-order chi connectivity index (χ0) is 12.5. The molecule has 0 aliphatic carbocycles. The average molecular weight is 237 g/mol. The molecule has 0 amide bonds. The topological polar surface area (TPSA) is 30.5 Å². The van der Waals surface area contributed by atoms with Crippen molar-refractivity contribution >= 4 is 0 Å². The summed E-state index contributed by atoms with van der Waals surface area (Å²) in [5.41, 5.74) is 1.26. The smallest absolute Gasteiger partial charge is 0.122 e. The fourth-order valence-corrected chi connectivity index (χ4v) is 1.65. The molecule has 1 unspecified atom stereocenters. The molecule has 1 aromatic rings. The van der Waals surface area contributed by atoms with Crippen molar-refractivity contribution in [1.82, 2.24) is 5.32 Å². The minimum atomic E-state index is 0.166. The van der Waals surface area contributed by atoms with Gasteiger partial charge >= 0.3 is 0 Å². The summed E-state index contributed by atoms with van der Waals surface area (Å²) in [7, 11) is 1.71. The first-order chi connectivity index (χ1) is 8.27. The van der Waals surface area contributed by atoms with Gasteiger partial charge in [-0.1, -0.05) is 25.1 Å². The predicted octanol–water partition coefficient (Wildman–Crippen LogP) is 2.25. The van der Waals surface area contributed by atoms with Gasteiger partial charge in [-0.15, -0.1) is 0 Å². The van der Waals surface area contributed by atoms with Gasteiger partial charge in [0, 0.05) is 20.2 Å². The van der Waals surface area contributed by atoms with Crippen molar-refractivity contribution in [3.05, 3.63) is 29.8 Å². The quantitative estimate of drug-likeness (QED) is 0.703. The van der Waals surface area contributed by atoms with Gasteiger partial charge in [-0.3, -0.25) is 0 Å². The first-order valence-electron chi connectivity index (χ1n) is 6.22. The van der Waals surface area contributed by atoms with Gasteiger partial charge in [-0.2, -0.15) is 0 Å². The van der Waals surface area contributed by atoms with Gasteiger partial charge in [0.2, 0.25) is 0 Å². The van der Waals surface area contributed by atoms with Crippen molar-refractivity contribution in [3.8, 4) is 5.75 Å². The second kappa shape index (κ2) is 8.09. The molecular weight excluding hydrogens is 214 g/mol. The molecule has 0 saturated carbocycles. The van der Waals surface area contributed by atoms with Crippen LogP contribution in [0, 0.1) is 0 Å². The Bertz CT molecular complexity index is 315. The van der Waals surface area contributed by atoms with Crippen LogP contribution in [-0.4, -0.2) is 32.9 Å². The van der Waals surface area contributed by atoms with Crippen LogP contribution in [0.4, 0.5) is 0 Å². The maximum absolute atomic E-state index is 5.91. The molecule has 17 heavy (non-hydrogen) atoms. The van der Waals surface area contributed by atoms with Crippen LogP contribution in [0.3, 0.4) is 0 Å². The highest BCUT2D eigenvalue weighted by Crippen LogP contribution is 2.19. The second-order valence-electron chi connectivity index (χ2n) is 4.09. The largest absolute Gasteiger partial charge is 0.489 e. The minimum absolute atomic E-state index is 0.166. The normalized spacial score (nSPS) is 12.4. The SMILES string of the molecule is CCc1ccccc1OC(C)CNCCOC. The third kappa shape index (κ3) is 5.20. The Morgan fingerprint density at radius 2 is 2.06 bits per heavy atom. The summed E-state index contributed by atoms with van der Waals surface area (Å²) in [6.07, 6.45) is 1.17. The monoisotopic (exact) mass is 237 g/mol. The van der Waals surface area contributed by atoms with E-state index in [1.165, 1.54) is 5.56 Å². The minimum Gasteiger partial charge on any atom is -0.489 e. The lowest BCUT2D eigenvalue weighted by Crippen LogP contribution is -2.31. The van der Waals surface area contributed by atoms with Crippen LogP contribution in [0.15, 0.2) is 24.3 Å². The summed E-state index contributed by atoms with van der Waals surface area (Å²) in [5, 5.41) is 3.29. The molecule has 3 heteroatoms. The Hall–Kier alpha value is -1.06. The third-order valence-electron chi connectivity index (χ3n) is 2.60. The zero-order valence-electron chi connectivity index (χ0n) is 11.0. The van der Waals surface area contributed by atoms with Gasteiger partial charge in [-0.05, 0) is 25.0 Å². The maximum atomic E-state index is 5.91. The number of nitrogens with one attached hydrogen (secondary N) is 1. The first-order valence-corrected chi connectivity index (χ1v) is 6.22. The van der Waals surface area contributed by atoms with Crippen molar-refractivity contribution in [3.63, 3.8) is 0 Å². The Kier molecular flexibility index (Phi) is 6.67. The predicted molar refractivity (Wildman–Crippen MR) is 70.7 cm³/mol. The van der Waals surface area contributed by atoms with Gasteiger partial charge in [0.1, 0.15) is 11.9 Å². The van der Waals surface area contributed by atoms with E-state index >= 15 is 0 Å². The molecule has 0 heterocycles.